The lowest BCUT2D eigenvalue weighted by Gasteiger charge is -2.00. The molecule has 0 N–H and O–H groups in total. The number of rotatable bonds is 2. The van der Waals surface area contributed by atoms with Crippen LogP contribution in [0.1, 0.15) is 28.5 Å². The van der Waals surface area contributed by atoms with Crippen LogP contribution in [-0.4, -0.2) is 24.7 Å². The van der Waals surface area contributed by atoms with Crippen LogP contribution < -0.4 is 0 Å². The van der Waals surface area contributed by atoms with Gasteiger partial charge in [0.2, 0.25) is 0 Å². The number of hydrogen-bond acceptors (Lipinski definition) is 4. The molecule has 0 spiro atoms. The van der Waals surface area contributed by atoms with Gasteiger partial charge in [0.15, 0.2) is 12.0 Å². The van der Waals surface area contributed by atoms with E-state index in [1.165, 1.54) is 6.20 Å². The van der Waals surface area contributed by atoms with Gasteiger partial charge in [0.05, 0.1) is 18.4 Å². The van der Waals surface area contributed by atoms with Gasteiger partial charge in [-0.15, -0.1) is 0 Å². The Morgan fingerprint density at radius 1 is 1.67 bits per heavy atom. The third kappa shape index (κ3) is 1.14. The second-order valence-corrected chi connectivity index (χ2v) is 2.82. The maximum atomic E-state index is 10.5. The zero-order chi connectivity index (χ0) is 8.39. The minimum atomic E-state index is 0.215. The van der Waals surface area contributed by atoms with Crippen LogP contribution in [0, 0.1) is 0 Å². The van der Waals surface area contributed by atoms with Crippen molar-refractivity contribution in [3.05, 3.63) is 17.5 Å². The lowest BCUT2D eigenvalue weighted by atomic mass is 10.0. The predicted molar refractivity (Wildman–Crippen MR) is 40.1 cm³/mol. The molecular weight excluding hydrogens is 158 g/mol. The van der Waals surface area contributed by atoms with Gasteiger partial charge >= 0.3 is 0 Å². The Morgan fingerprint density at radius 2 is 2.58 bits per heavy atom. The van der Waals surface area contributed by atoms with E-state index in [0.717, 1.165) is 19.3 Å². The molecule has 12 heavy (non-hydrogen) atoms. The number of hydrogen-bond donors (Lipinski definition) is 0. The van der Waals surface area contributed by atoms with Crippen LogP contribution in [0.5, 0.6) is 0 Å². The fraction of sp³-hybridized carbons (Fsp3) is 0.500. The van der Waals surface area contributed by atoms with Crippen molar-refractivity contribution in [3.8, 4) is 0 Å². The number of aromatic nitrogens is 1. The molecule has 0 radical (unpaired) electrons. The second-order valence-electron chi connectivity index (χ2n) is 2.82. The van der Waals surface area contributed by atoms with E-state index < -0.39 is 0 Å². The molecule has 0 saturated carbocycles. The average Bonchev–Trinajstić information content (AvgIpc) is 2.74. The van der Waals surface area contributed by atoms with E-state index in [9.17, 15) is 4.79 Å². The van der Waals surface area contributed by atoms with Gasteiger partial charge in [0.25, 0.3) is 0 Å². The van der Waals surface area contributed by atoms with Crippen molar-refractivity contribution < 1.29 is 14.1 Å². The molecule has 0 aromatic carbocycles. The summed E-state index contributed by atoms with van der Waals surface area (Å²) >= 11 is 0. The standard InChI is InChI=1S/C8H9NO3/c10-4-7-3-9-12-8(7)6-1-2-11-5-6/h3-4,6H,1-2,5H2. The molecule has 1 atom stereocenters. The van der Waals surface area contributed by atoms with Crippen molar-refractivity contribution in [3.63, 3.8) is 0 Å². The average molecular weight is 167 g/mol. The van der Waals surface area contributed by atoms with E-state index in [2.05, 4.69) is 5.16 Å². The molecule has 0 bridgehead atoms. The monoisotopic (exact) mass is 167 g/mol. The van der Waals surface area contributed by atoms with Gasteiger partial charge in [-0.25, -0.2) is 0 Å². The SMILES string of the molecule is O=Cc1cnoc1C1CCOC1. The van der Waals surface area contributed by atoms with Gasteiger partial charge in [0.1, 0.15) is 0 Å². The molecule has 1 fully saturated rings. The van der Waals surface area contributed by atoms with Crippen LogP contribution >= 0.6 is 0 Å². The number of carbonyl (C=O) groups excluding carboxylic acids is 1. The van der Waals surface area contributed by atoms with Crippen molar-refractivity contribution in [2.75, 3.05) is 13.2 Å². The van der Waals surface area contributed by atoms with E-state index >= 15 is 0 Å². The Morgan fingerprint density at radius 3 is 3.25 bits per heavy atom. The predicted octanol–water partition coefficient (Wildman–Crippen LogP) is 0.991. The summed E-state index contributed by atoms with van der Waals surface area (Å²) in [6.07, 6.45) is 3.13. The van der Waals surface area contributed by atoms with E-state index in [1.807, 2.05) is 0 Å². The van der Waals surface area contributed by atoms with Gasteiger partial charge in [-0.3, -0.25) is 4.79 Å². The highest BCUT2D eigenvalue weighted by atomic mass is 16.5. The molecule has 1 aromatic rings. The summed E-state index contributed by atoms with van der Waals surface area (Å²) in [5, 5.41) is 3.58. The first-order chi connectivity index (χ1) is 5.92. The van der Waals surface area contributed by atoms with Crippen LogP contribution in [-0.2, 0) is 4.74 Å². The number of ether oxygens (including phenoxy) is 1. The second kappa shape index (κ2) is 3.06. The van der Waals surface area contributed by atoms with Gasteiger partial charge in [-0.05, 0) is 6.42 Å². The van der Waals surface area contributed by atoms with Crippen LogP contribution in [0.4, 0.5) is 0 Å². The van der Waals surface area contributed by atoms with Crippen LogP contribution in [0.2, 0.25) is 0 Å². The highest BCUT2D eigenvalue weighted by molar-refractivity contribution is 5.75. The molecule has 1 unspecified atom stereocenters. The Hall–Kier alpha value is -1.16. The van der Waals surface area contributed by atoms with Gasteiger partial charge in [-0.2, -0.15) is 0 Å². The summed E-state index contributed by atoms with van der Waals surface area (Å²) in [7, 11) is 0. The topological polar surface area (TPSA) is 52.3 Å². The summed E-state index contributed by atoms with van der Waals surface area (Å²) in [6, 6.07) is 0. The van der Waals surface area contributed by atoms with E-state index in [1.54, 1.807) is 0 Å². The Labute approximate surface area is 69.5 Å². The van der Waals surface area contributed by atoms with Crippen molar-refractivity contribution in [1.29, 1.82) is 0 Å². The first-order valence-corrected chi connectivity index (χ1v) is 3.89. The molecule has 1 aliphatic heterocycles. The molecule has 0 aliphatic carbocycles. The largest absolute Gasteiger partial charge is 0.381 e. The van der Waals surface area contributed by atoms with Gasteiger partial charge < -0.3 is 9.26 Å². The van der Waals surface area contributed by atoms with Gasteiger partial charge in [0, 0.05) is 12.5 Å². The highest BCUT2D eigenvalue weighted by Crippen LogP contribution is 2.26. The molecule has 0 amide bonds. The third-order valence-corrected chi connectivity index (χ3v) is 2.05. The Kier molecular flexibility index (Phi) is 1.91. The van der Waals surface area contributed by atoms with Crippen molar-refractivity contribution in [1.82, 2.24) is 5.16 Å². The maximum Gasteiger partial charge on any atom is 0.155 e. The zero-order valence-electron chi connectivity index (χ0n) is 6.53. The number of carbonyl (C=O) groups is 1. The lowest BCUT2D eigenvalue weighted by molar-refractivity contribution is 0.112. The molecule has 2 rings (SSSR count). The maximum absolute atomic E-state index is 10.5. The van der Waals surface area contributed by atoms with Crippen molar-refractivity contribution >= 4 is 6.29 Å². The summed E-state index contributed by atoms with van der Waals surface area (Å²) in [6.45, 7) is 1.37. The Bertz CT molecular complexity index is 276. The molecule has 1 aromatic heterocycles. The fourth-order valence-corrected chi connectivity index (χ4v) is 1.40. The van der Waals surface area contributed by atoms with Crippen molar-refractivity contribution in [2.24, 2.45) is 0 Å². The molecule has 4 heteroatoms. The molecule has 4 nitrogen and oxygen atoms in total. The van der Waals surface area contributed by atoms with Crippen LogP contribution in [0.15, 0.2) is 10.7 Å². The summed E-state index contributed by atoms with van der Waals surface area (Å²) in [4.78, 5) is 10.5. The third-order valence-electron chi connectivity index (χ3n) is 2.05. The van der Waals surface area contributed by atoms with E-state index in [4.69, 9.17) is 9.26 Å². The minimum Gasteiger partial charge on any atom is -0.381 e. The normalized spacial score (nSPS) is 22.8. The number of aldehydes is 1. The smallest absolute Gasteiger partial charge is 0.155 e. The summed E-state index contributed by atoms with van der Waals surface area (Å²) < 4.78 is 10.2. The zero-order valence-corrected chi connectivity index (χ0v) is 6.53. The van der Waals surface area contributed by atoms with E-state index in [-0.39, 0.29) is 5.92 Å². The molecule has 2 heterocycles. The first-order valence-electron chi connectivity index (χ1n) is 3.89. The quantitative estimate of drug-likeness (QED) is 0.616. The molecular formula is C8H9NO3. The Balaban J connectivity index is 2.25. The van der Waals surface area contributed by atoms with Gasteiger partial charge in [-0.1, -0.05) is 5.16 Å². The number of nitrogens with zero attached hydrogens (tertiary/aromatic N) is 1. The summed E-state index contributed by atoms with van der Waals surface area (Å²) in [5.41, 5.74) is 0.547. The molecule has 64 valence electrons. The molecule has 1 saturated heterocycles. The summed E-state index contributed by atoms with van der Waals surface area (Å²) in [5.74, 6) is 0.884. The highest BCUT2D eigenvalue weighted by Gasteiger charge is 2.24. The fourth-order valence-electron chi connectivity index (χ4n) is 1.40. The first kappa shape index (κ1) is 7.49. The van der Waals surface area contributed by atoms with Crippen LogP contribution in [0.3, 0.4) is 0 Å². The van der Waals surface area contributed by atoms with Crippen molar-refractivity contribution in [2.45, 2.75) is 12.3 Å². The van der Waals surface area contributed by atoms with E-state index in [0.29, 0.717) is 17.9 Å². The molecule has 1 aliphatic rings. The van der Waals surface area contributed by atoms with Crippen LogP contribution in [0.25, 0.3) is 0 Å². The minimum absolute atomic E-state index is 0.215. The lowest BCUT2D eigenvalue weighted by Crippen LogP contribution is -1.98.